The lowest BCUT2D eigenvalue weighted by atomic mass is 10.1. The number of carbonyl (C=O) groups is 1. The standard InChI is InChI=1S/C12H10F3N3O2/c1-18-9(4-10(17-18)12(13,14)15)8-2-7(3-11(19)20)5-16-6-8/h2,4-6H,3H2,1H3,(H,19,20). The number of aryl methyl sites for hydroxylation is 1. The Balaban J connectivity index is 2.41. The van der Waals surface area contributed by atoms with Crippen molar-refractivity contribution in [2.75, 3.05) is 0 Å². The molecule has 0 atom stereocenters. The Morgan fingerprint density at radius 2 is 2.05 bits per heavy atom. The fraction of sp³-hybridized carbons (Fsp3) is 0.250. The van der Waals surface area contributed by atoms with Gasteiger partial charge in [-0.2, -0.15) is 18.3 Å². The average molecular weight is 285 g/mol. The van der Waals surface area contributed by atoms with Crippen molar-refractivity contribution in [3.05, 3.63) is 35.8 Å². The molecule has 0 bridgehead atoms. The largest absolute Gasteiger partial charge is 0.481 e. The first-order valence-electron chi connectivity index (χ1n) is 5.54. The molecule has 0 aliphatic carbocycles. The van der Waals surface area contributed by atoms with Crippen LogP contribution in [0.15, 0.2) is 24.5 Å². The Bertz CT molecular complexity index is 650. The molecule has 2 heterocycles. The predicted octanol–water partition coefficient (Wildman–Crippen LogP) is 2.13. The number of hydrogen-bond acceptors (Lipinski definition) is 3. The summed E-state index contributed by atoms with van der Waals surface area (Å²) in [6.45, 7) is 0. The number of aromatic nitrogens is 3. The van der Waals surface area contributed by atoms with Gasteiger partial charge in [0.2, 0.25) is 0 Å². The maximum absolute atomic E-state index is 12.6. The lowest BCUT2D eigenvalue weighted by Gasteiger charge is -2.03. The molecule has 0 aromatic carbocycles. The van der Waals surface area contributed by atoms with Crippen molar-refractivity contribution in [1.82, 2.24) is 14.8 Å². The number of halogens is 3. The molecule has 2 aromatic rings. The summed E-state index contributed by atoms with van der Waals surface area (Å²) >= 11 is 0. The average Bonchev–Trinajstić information content (AvgIpc) is 2.70. The van der Waals surface area contributed by atoms with Crippen LogP contribution in [0, 0.1) is 0 Å². The SMILES string of the molecule is Cn1nc(C(F)(F)F)cc1-c1cncc(CC(=O)O)c1. The minimum absolute atomic E-state index is 0.220. The Hall–Kier alpha value is -2.38. The number of hydrogen-bond donors (Lipinski definition) is 1. The summed E-state index contributed by atoms with van der Waals surface area (Å²) in [5.74, 6) is -1.04. The van der Waals surface area contributed by atoms with Gasteiger partial charge in [0.1, 0.15) is 0 Å². The molecule has 2 rings (SSSR count). The third-order valence-corrected chi connectivity index (χ3v) is 2.62. The van der Waals surface area contributed by atoms with Crippen LogP contribution in [0.1, 0.15) is 11.3 Å². The Kier molecular flexibility index (Phi) is 3.47. The molecular weight excluding hydrogens is 275 g/mol. The van der Waals surface area contributed by atoms with Gasteiger partial charge < -0.3 is 5.11 Å². The van der Waals surface area contributed by atoms with Gasteiger partial charge in [-0.25, -0.2) is 0 Å². The van der Waals surface area contributed by atoms with Crippen molar-refractivity contribution < 1.29 is 23.1 Å². The molecule has 1 N–H and O–H groups in total. The number of aliphatic carboxylic acids is 1. The van der Waals surface area contributed by atoms with Crippen molar-refractivity contribution in [1.29, 1.82) is 0 Å². The highest BCUT2D eigenvalue weighted by atomic mass is 19.4. The van der Waals surface area contributed by atoms with Gasteiger partial charge in [0.05, 0.1) is 12.1 Å². The molecule has 5 nitrogen and oxygen atoms in total. The molecule has 0 spiro atoms. The van der Waals surface area contributed by atoms with Crippen molar-refractivity contribution in [3.8, 4) is 11.3 Å². The molecule has 0 radical (unpaired) electrons. The van der Waals surface area contributed by atoms with Crippen molar-refractivity contribution in [2.45, 2.75) is 12.6 Å². The van der Waals surface area contributed by atoms with E-state index in [-0.39, 0.29) is 12.1 Å². The van der Waals surface area contributed by atoms with Gasteiger partial charge in [0.15, 0.2) is 5.69 Å². The van der Waals surface area contributed by atoms with Crippen LogP contribution in [0.4, 0.5) is 13.2 Å². The van der Waals surface area contributed by atoms with Crippen LogP contribution in [-0.2, 0) is 24.4 Å². The molecule has 0 saturated heterocycles. The summed E-state index contributed by atoms with van der Waals surface area (Å²) < 4.78 is 38.8. The van der Waals surface area contributed by atoms with Crippen molar-refractivity contribution >= 4 is 5.97 Å². The summed E-state index contributed by atoms with van der Waals surface area (Å²) in [5.41, 5.74) is 0.00899. The zero-order valence-corrected chi connectivity index (χ0v) is 10.3. The molecule has 20 heavy (non-hydrogen) atoms. The van der Waals surface area contributed by atoms with Gasteiger partial charge >= 0.3 is 12.1 Å². The zero-order chi connectivity index (χ0) is 14.9. The van der Waals surface area contributed by atoms with Crippen LogP contribution in [-0.4, -0.2) is 25.8 Å². The number of rotatable bonds is 3. The molecule has 0 unspecified atom stereocenters. The first kappa shape index (κ1) is 14.0. The Labute approximate surface area is 111 Å². The third-order valence-electron chi connectivity index (χ3n) is 2.62. The first-order chi connectivity index (χ1) is 9.27. The lowest BCUT2D eigenvalue weighted by molar-refractivity contribution is -0.141. The van der Waals surface area contributed by atoms with Crippen LogP contribution in [0.25, 0.3) is 11.3 Å². The van der Waals surface area contributed by atoms with E-state index < -0.39 is 17.8 Å². The minimum Gasteiger partial charge on any atom is -0.481 e. The highest BCUT2D eigenvalue weighted by Crippen LogP contribution is 2.31. The van der Waals surface area contributed by atoms with E-state index in [1.54, 1.807) is 0 Å². The van der Waals surface area contributed by atoms with Crippen LogP contribution in [0.2, 0.25) is 0 Å². The zero-order valence-electron chi connectivity index (χ0n) is 10.3. The van der Waals surface area contributed by atoms with E-state index in [9.17, 15) is 18.0 Å². The second kappa shape index (κ2) is 4.95. The smallest absolute Gasteiger partial charge is 0.435 e. The molecule has 2 aromatic heterocycles. The summed E-state index contributed by atoms with van der Waals surface area (Å²) in [6, 6.07) is 2.39. The van der Waals surface area contributed by atoms with Gasteiger partial charge in [-0.1, -0.05) is 0 Å². The summed E-state index contributed by atoms with van der Waals surface area (Å²) in [7, 11) is 1.38. The van der Waals surface area contributed by atoms with Gasteiger partial charge in [0, 0.05) is 25.0 Å². The van der Waals surface area contributed by atoms with E-state index in [1.165, 1.54) is 25.5 Å². The molecule has 0 saturated carbocycles. The van der Waals surface area contributed by atoms with Crippen molar-refractivity contribution in [3.63, 3.8) is 0 Å². The highest BCUT2D eigenvalue weighted by molar-refractivity contribution is 5.71. The van der Waals surface area contributed by atoms with Crippen LogP contribution in [0.5, 0.6) is 0 Å². The number of carboxylic acid groups (broad SMARTS) is 1. The van der Waals surface area contributed by atoms with Crippen LogP contribution >= 0.6 is 0 Å². The molecule has 0 aliphatic heterocycles. The Morgan fingerprint density at radius 3 is 2.60 bits per heavy atom. The number of carboxylic acids is 1. The van der Waals surface area contributed by atoms with Gasteiger partial charge in [-0.15, -0.1) is 0 Å². The van der Waals surface area contributed by atoms with Gasteiger partial charge in [-0.05, 0) is 17.7 Å². The normalized spacial score (nSPS) is 11.6. The van der Waals surface area contributed by atoms with E-state index in [2.05, 4.69) is 10.1 Å². The number of alkyl halides is 3. The van der Waals surface area contributed by atoms with E-state index in [1.807, 2.05) is 0 Å². The number of pyridine rings is 1. The topological polar surface area (TPSA) is 68.0 Å². The van der Waals surface area contributed by atoms with E-state index in [4.69, 9.17) is 5.11 Å². The Morgan fingerprint density at radius 1 is 1.35 bits per heavy atom. The van der Waals surface area contributed by atoms with Gasteiger partial charge in [-0.3, -0.25) is 14.5 Å². The molecule has 0 aliphatic rings. The second-order valence-electron chi connectivity index (χ2n) is 4.19. The molecule has 8 heteroatoms. The lowest BCUT2D eigenvalue weighted by Crippen LogP contribution is -2.06. The maximum Gasteiger partial charge on any atom is 0.435 e. The second-order valence-corrected chi connectivity index (χ2v) is 4.19. The van der Waals surface area contributed by atoms with Gasteiger partial charge in [0.25, 0.3) is 0 Å². The minimum atomic E-state index is -4.53. The van der Waals surface area contributed by atoms with Crippen LogP contribution in [0.3, 0.4) is 0 Å². The monoisotopic (exact) mass is 285 g/mol. The molecule has 0 amide bonds. The fourth-order valence-electron chi connectivity index (χ4n) is 1.77. The van der Waals surface area contributed by atoms with E-state index in [0.29, 0.717) is 11.1 Å². The summed E-state index contributed by atoms with van der Waals surface area (Å²) in [5, 5.41) is 12.1. The molecule has 0 fully saturated rings. The van der Waals surface area contributed by atoms with Crippen LogP contribution < -0.4 is 0 Å². The first-order valence-corrected chi connectivity index (χ1v) is 5.54. The number of nitrogens with zero attached hydrogens (tertiary/aromatic N) is 3. The fourth-order valence-corrected chi connectivity index (χ4v) is 1.77. The summed E-state index contributed by atoms with van der Waals surface area (Å²) in [6.07, 6.45) is -2.05. The molecular formula is C12H10F3N3O2. The molecule has 106 valence electrons. The summed E-state index contributed by atoms with van der Waals surface area (Å²) in [4.78, 5) is 14.5. The highest BCUT2D eigenvalue weighted by Gasteiger charge is 2.34. The quantitative estimate of drug-likeness (QED) is 0.938. The van der Waals surface area contributed by atoms with E-state index >= 15 is 0 Å². The van der Waals surface area contributed by atoms with E-state index in [0.717, 1.165) is 10.7 Å². The maximum atomic E-state index is 12.6. The predicted molar refractivity (Wildman–Crippen MR) is 62.8 cm³/mol. The van der Waals surface area contributed by atoms with Crippen molar-refractivity contribution in [2.24, 2.45) is 7.05 Å². The third kappa shape index (κ3) is 2.95.